The number of hydrazine groups is 1. The lowest BCUT2D eigenvalue weighted by Gasteiger charge is -2.14. The standard InChI is InChI=1S/C16H15F5IN5O/c1-5-14(24-16(28)15-8(22)3-23-25-15)6(2)27(26-5)4-7-9(17)11(19)13(21)12(20)10(7)18/h8,15,23,25H,3-4H2,1-2H3,(H,24,28). The summed E-state index contributed by atoms with van der Waals surface area (Å²) < 4.78 is 69.0. The Balaban J connectivity index is 1.90. The van der Waals surface area contributed by atoms with Crippen LogP contribution in [0.3, 0.4) is 0 Å². The zero-order valence-corrected chi connectivity index (χ0v) is 16.8. The second-order valence-corrected chi connectivity index (χ2v) is 7.86. The molecule has 1 aromatic heterocycles. The van der Waals surface area contributed by atoms with Crippen LogP contribution in [-0.2, 0) is 11.3 Å². The van der Waals surface area contributed by atoms with Gasteiger partial charge in [0.15, 0.2) is 23.3 Å². The van der Waals surface area contributed by atoms with Crippen molar-refractivity contribution in [2.24, 2.45) is 0 Å². The van der Waals surface area contributed by atoms with Crippen molar-refractivity contribution in [2.75, 3.05) is 11.9 Å². The van der Waals surface area contributed by atoms with Crippen LogP contribution < -0.4 is 16.2 Å². The highest BCUT2D eigenvalue weighted by Crippen LogP contribution is 2.26. The molecule has 6 nitrogen and oxygen atoms in total. The molecule has 12 heteroatoms. The number of rotatable bonds is 4. The molecule has 2 atom stereocenters. The van der Waals surface area contributed by atoms with Crippen molar-refractivity contribution in [3.05, 3.63) is 46.0 Å². The number of hydrogen-bond donors (Lipinski definition) is 3. The first kappa shape index (κ1) is 20.9. The molecule has 1 aliphatic rings. The Hall–Kier alpha value is -1.80. The lowest BCUT2D eigenvalue weighted by Crippen LogP contribution is -2.42. The molecule has 2 unspecified atom stereocenters. The molecule has 152 valence electrons. The fraction of sp³-hybridized carbons (Fsp3) is 0.375. The van der Waals surface area contributed by atoms with Crippen molar-refractivity contribution in [3.8, 4) is 0 Å². The lowest BCUT2D eigenvalue weighted by atomic mass is 10.1. The average molecular weight is 515 g/mol. The van der Waals surface area contributed by atoms with Crippen LogP contribution in [0, 0.1) is 42.9 Å². The summed E-state index contributed by atoms with van der Waals surface area (Å²) in [4.78, 5) is 12.4. The van der Waals surface area contributed by atoms with Gasteiger partial charge in [0.25, 0.3) is 0 Å². The van der Waals surface area contributed by atoms with Crippen LogP contribution in [0.2, 0.25) is 0 Å². The van der Waals surface area contributed by atoms with Crippen LogP contribution in [0.25, 0.3) is 0 Å². The number of alkyl halides is 1. The molecule has 1 fully saturated rings. The largest absolute Gasteiger partial charge is 0.322 e. The number of nitrogens with one attached hydrogen (secondary N) is 3. The van der Waals surface area contributed by atoms with Crippen LogP contribution in [0.1, 0.15) is 17.0 Å². The first-order valence-corrected chi connectivity index (χ1v) is 9.35. The number of halogens is 6. The number of benzene rings is 1. The fourth-order valence-electron chi connectivity index (χ4n) is 2.88. The summed E-state index contributed by atoms with van der Waals surface area (Å²) in [7, 11) is 0. The SMILES string of the molecule is Cc1nn(Cc2c(F)c(F)c(F)c(F)c2F)c(C)c1NC(=O)C1NNCC1I. The number of hydrogen-bond acceptors (Lipinski definition) is 4. The van der Waals surface area contributed by atoms with Crippen LogP contribution in [0.4, 0.5) is 27.6 Å². The number of aromatic nitrogens is 2. The van der Waals surface area contributed by atoms with Gasteiger partial charge in [-0.1, -0.05) is 22.6 Å². The Labute approximate surface area is 170 Å². The van der Waals surface area contributed by atoms with Gasteiger partial charge >= 0.3 is 0 Å². The predicted octanol–water partition coefficient (Wildman–Crippen LogP) is 2.46. The Bertz CT molecular complexity index is 921. The van der Waals surface area contributed by atoms with Gasteiger partial charge < -0.3 is 5.32 Å². The summed E-state index contributed by atoms with van der Waals surface area (Å²) >= 11 is 2.11. The maximum Gasteiger partial charge on any atom is 0.244 e. The van der Waals surface area contributed by atoms with E-state index in [1.54, 1.807) is 6.92 Å². The van der Waals surface area contributed by atoms with Crippen LogP contribution in [0.5, 0.6) is 0 Å². The Morgan fingerprint density at radius 2 is 1.71 bits per heavy atom. The number of nitrogens with zero attached hydrogens (tertiary/aromatic N) is 2. The summed E-state index contributed by atoms with van der Waals surface area (Å²) in [6.07, 6.45) is 0. The third kappa shape index (κ3) is 3.59. The van der Waals surface area contributed by atoms with Crippen molar-refractivity contribution >= 4 is 34.2 Å². The molecule has 1 amide bonds. The van der Waals surface area contributed by atoms with E-state index in [2.05, 4.69) is 43.9 Å². The van der Waals surface area contributed by atoms with Gasteiger partial charge in [-0.15, -0.1) is 0 Å². The van der Waals surface area contributed by atoms with Gasteiger partial charge in [0.05, 0.1) is 33.1 Å². The molecule has 0 spiro atoms. The van der Waals surface area contributed by atoms with E-state index in [1.165, 1.54) is 6.92 Å². The molecule has 0 bridgehead atoms. The van der Waals surface area contributed by atoms with Gasteiger partial charge in [-0.25, -0.2) is 27.4 Å². The van der Waals surface area contributed by atoms with E-state index >= 15 is 0 Å². The number of carbonyl (C=O) groups excluding carboxylic acids is 1. The summed E-state index contributed by atoms with van der Waals surface area (Å²) in [5.74, 6) is -10.4. The Morgan fingerprint density at radius 3 is 2.25 bits per heavy atom. The predicted molar refractivity (Wildman–Crippen MR) is 98.4 cm³/mol. The van der Waals surface area contributed by atoms with E-state index in [0.717, 1.165) is 4.68 Å². The topological polar surface area (TPSA) is 71.0 Å². The second kappa shape index (κ2) is 7.91. The minimum Gasteiger partial charge on any atom is -0.322 e. The van der Waals surface area contributed by atoms with Gasteiger partial charge in [0, 0.05) is 6.54 Å². The molecule has 3 rings (SSSR count). The van der Waals surface area contributed by atoms with Crippen molar-refractivity contribution in [1.29, 1.82) is 0 Å². The van der Waals surface area contributed by atoms with Gasteiger partial charge in [-0.05, 0) is 13.8 Å². The first-order chi connectivity index (χ1) is 13.1. The summed E-state index contributed by atoms with van der Waals surface area (Å²) in [6, 6.07) is -0.502. The van der Waals surface area contributed by atoms with Gasteiger partial charge in [0.1, 0.15) is 6.04 Å². The van der Waals surface area contributed by atoms with Crippen molar-refractivity contribution in [3.63, 3.8) is 0 Å². The van der Waals surface area contributed by atoms with E-state index in [1.807, 2.05) is 0 Å². The Kier molecular flexibility index (Phi) is 5.91. The van der Waals surface area contributed by atoms with Crippen LogP contribution in [0.15, 0.2) is 0 Å². The summed E-state index contributed by atoms with van der Waals surface area (Å²) in [5.41, 5.74) is 5.64. The first-order valence-electron chi connectivity index (χ1n) is 8.11. The number of aryl methyl sites for hydroxylation is 1. The molecule has 1 saturated heterocycles. The van der Waals surface area contributed by atoms with Gasteiger partial charge in [0.2, 0.25) is 11.7 Å². The highest BCUT2D eigenvalue weighted by atomic mass is 127. The lowest BCUT2D eigenvalue weighted by molar-refractivity contribution is -0.117. The molecule has 1 aromatic carbocycles. The van der Waals surface area contributed by atoms with E-state index < -0.39 is 47.2 Å². The smallest absolute Gasteiger partial charge is 0.244 e. The highest BCUT2D eigenvalue weighted by Gasteiger charge is 2.32. The third-order valence-corrected chi connectivity index (χ3v) is 5.60. The van der Waals surface area contributed by atoms with E-state index in [4.69, 9.17) is 0 Å². The molecular weight excluding hydrogens is 500 g/mol. The number of carbonyl (C=O) groups is 1. The van der Waals surface area contributed by atoms with E-state index in [-0.39, 0.29) is 9.83 Å². The molecule has 0 saturated carbocycles. The third-order valence-electron chi connectivity index (χ3n) is 4.44. The molecule has 0 aliphatic carbocycles. The van der Waals surface area contributed by atoms with Gasteiger partial charge in [-0.2, -0.15) is 5.10 Å². The number of amides is 1. The monoisotopic (exact) mass is 515 g/mol. The molecule has 1 aliphatic heterocycles. The van der Waals surface area contributed by atoms with Gasteiger partial charge in [-0.3, -0.25) is 14.9 Å². The van der Waals surface area contributed by atoms with Crippen LogP contribution in [-0.4, -0.2) is 32.2 Å². The van der Waals surface area contributed by atoms with Crippen molar-refractivity contribution in [2.45, 2.75) is 30.4 Å². The quantitative estimate of drug-likeness (QED) is 0.193. The summed E-state index contributed by atoms with van der Waals surface area (Å²) in [6.45, 7) is 2.98. The second-order valence-electron chi connectivity index (χ2n) is 6.26. The Morgan fingerprint density at radius 1 is 1.14 bits per heavy atom. The molecule has 2 heterocycles. The van der Waals surface area contributed by atoms with Crippen LogP contribution >= 0.6 is 22.6 Å². The maximum atomic E-state index is 13.9. The van der Waals surface area contributed by atoms with Crippen molar-refractivity contribution < 1.29 is 26.7 Å². The highest BCUT2D eigenvalue weighted by molar-refractivity contribution is 14.1. The molecule has 2 aromatic rings. The molecule has 28 heavy (non-hydrogen) atoms. The van der Waals surface area contributed by atoms with E-state index in [9.17, 15) is 26.7 Å². The molecule has 0 radical (unpaired) electrons. The molecule has 3 N–H and O–H groups in total. The molecular formula is C16H15F5IN5O. The summed E-state index contributed by atoms with van der Waals surface area (Å²) in [5, 5.41) is 6.75. The maximum absolute atomic E-state index is 13.9. The minimum absolute atomic E-state index is 0.00149. The zero-order chi connectivity index (χ0) is 20.7. The zero-order valence-electron chi connectivity index (χ0n) is 14.6. The van der Waals surface area contributed by atoms with E-state index in [0.29, 0.717) is 23.6 Å². The number of anilines is 1. The average Bonchev–Trinajstić information content (AvgIpc) is 3.20. The minimum atomic E-state index is -2.22. The fourth-order valence-corrected chi connectivity index (χ4v) is 3.60. The van der Waals surface area contributed by atoms with Crippen molar-refractivity contribution in [1.82, 2.24) is 20.6 Å². The normalized spacial score (nSPS) is 19.3.